The molecular weight excluding hydrogens is 572 g/mol. The molecule has 0 saturated carbocycles. The lowest BCUT2D eigenvalue weighted by Crippen LogP contribution is -2.27. The summed E-state index contributed by atoms with van der Waals surface area (Å²) in [6.45, 7) is 14.7. The molecule has 4 aromatic heterocycles. The lowest BCUT2D eigenvalue weighted by Gasteiger charge is -2.22. The molecule has 0 aliphatic carbocycles. The van der Waals surface area contributed by atoms with Crippen molar-refractivity contribution in [1.82, 2.24) is 33.4 Å². The second-order valence-corrected chi connectivity index (χ2v) is 11.0. The average Bonchev–Trinajstić information content (AvgIpc) is 3.75. The molecule has 0 fully saturated rings. The van der Waals surface area contributed by atoms with Crippen LogP contribution in [-0.4, -0.2) is 52.9 Å². The molecule has 10 nitrogen and oxygen atoms in total. The lowest BCUT2D eigenvalue weighted by molar-refractivity contribution is -0.105. The van der Waals surface area contributed by atoms with Crippen molar-refractivity contribution in [2.45, 2.75) is 54.1 Å². The van der Waals surface area contributed by atoms with Crippen LogP contribution >= 0.6 is 11.5 Å². The Morgan fingerprint density at radius 3 is 2.56 bits per heavy atom. The van der Waals surface area contributed by atoms with Gasteiger partial charge in [0.2, 0.25) is 6.41 Å². The fraction of sp³-hybridized carbons (Fsp3) is 0.367. The van der Waals surface area contributed by atoms with Crippen molar-refractivity contribution in [3.05, 3.63) is 72.1 Å². The number of nitrogens with zero attached hydrogens (tertiary/aromatic N) is 7. The molecule has 0 bridgehead atoms. The normalized spacial score (nSPS) is 11.8. The molecule has 1 amide bonds. The number of imidazole rings is 1. The first-order chi connectivity index (χ1) is 20.8. The number of nitrogens with one attached hydrogen (secondary N) is 2. The second-order valence-electron chi connectivity index (χ2n) is 10.2. The van der Waals surface area contributed by atoms with Crippen molar-refractivity contribution < 1.29 is 13.6 Å². The third-order valence-corrected chi connectivity index (χ3v) is 7.67. The van der Waals surface area contributed by atoms with E-state index in [1.54, 1.807) is 0 Å². The van der Waals surface area contributed by atoms with Gasteiger partial charge in [0.25, 0.3) is 0 Å². The van der Waals surface area contributed by atoms with Gasteiger partial charge < -0.3 is 10.6 Å². The summed E-state index contributed by atoms with van der Waals surface area (Å²) in [5.41, 5.74) is 4.41. The number of hydrogen-bond acceptors (Lipinski definition) is 8. The summed E-state index contributed by atoms with van der Waals surface area (Å²) >= 11 is 1.47. The van der Waals surface area contributed by atoms with E-state index in [-0.39, 0.29) is 6.41 Å². The summed E-state index contributed by atoms with van der Waals surface area (Å²) in [6, 6.07) is 5.48. The Labute approximate surface area is 254 Å². The maximum Gasteiger partial charge on any atom is 0.211 e. The Morgan fingerprint density at radius 2 is 1.91 bits per heavy atom. The zero-order valence-electron chi connectivity index (χ0n) is 25.0. The summed E-state index contributed by atoms with van der Waals surface area (Å²) in [7, 11) is 0. The van der Waals surface area contributed by atoms with Gasteiger partial charge in [0.15, 0.2) is 11.5 Å². The Balaban J connectivity index is 0.000000324. The van der Waals surface area contributed by atoms with Crippen molar-refractivity contribution >= 4 is 40.1 Å². The van der Waals surface area contributed by atoms with E-state index in [4.69, 9.17) is 4.98 Å². The highest BCUT2D eigenvalue weighted by molar-refractivity contribution is 7.10. The summed E-state index contributed by atoms with van der Waals surface area (Å²) in [5.74, 6) is -0.134. The van der Waals surface area contributed by atoms with E-state index in [1.807, 2.05) is 41.7 Å². The molecule has 0 radical (unpaired) electrons. The molecule has 5 rings (SSSR count). The highest BCUT2D eigenvalue weighted by atomic mass is 32.1. The Bertz CT molecular complexity index is 1630. The van der Waals surface area contributed by atoms with E-state index < -0.39 is 17.3 Å². The van der Waals surface area contributed by atoms with Gasteiger partial charge in [0.1, 0.15) is 22.3 Å². The molecule has 1 atom stereocenters. The predicted molar refractivity (Wildman–Crippen MR) is 166 cm³/mol. The van der Waals surface area contributed by atoms with Crippen LogP contribution < -0.4 is 10.6 Å². The first-order valence-corrected chi connectivity index (χ1v) is 15.0. The number of amides is 1. The molecule has 13 heteroatoms. The summed E-state index contributed by atoms with van der Waals surface area (Å²) in [4.78, 5) is 21.7. The maximum atomic E-state index is 12.6. The van der Waals surface area contributed by atoms with Crippen LogP contribution in [0.4, 0.5) is 25.3 Å². The molecule has 5 aromatic rings. The van der Waals surface area contributed by atoms with E-state index >= 15 is 0 Å². The van der Waals surface area contributed by atoms with Crippen LogP contribution in [0.1, 0.15) is 45.5 Å². The standard InChI is InChI=1S/C23H32N8S.C7H5F2NO/c1-6-16(4)12-29(7-2)15-19-9-21(32-28-19)27-22-23-24-11-20(31(23)13-17(5)26-22)18-10-25-30(8-3)14-18;8-5-2-1-3-6(9)7(5)10-4-11/h9-11,13-14,16H,6-8,12,15H2,1-5H3,(H,26,27);1-4H,(H,10,11). The van der Waals surface area contributed by atoms with Crippen molar-refractivity contribution in [1.29, 1.82) is 0 Å². The monoisotopic (exact) mass is 609 g/mol. The highest BCUT2D eigenvalue weighted by Gasteiger charge is 2.15. The number of halogens is 2. The number of aromatic nitrogens is 6. The summed E-state index contributed by atoms with van der Waals surface area (Å²) in [6.07, 6.45) is 9.23. The van der Waals surface area contributed by atoms with Crippen LogP contribution in [0, 0.1) is 24.5 Å². The van der Waals surface area contributed by atoms with Gasteiger partial charge in [0, 0.05) is 37.6 Å². The number of carbonyl (C=O) groups is 1. The third-order valence-electron chi connectivity index (χ3n) is 6.93. The number of para-hydroxylation sites is 1. The van der Waals surface area contributed by atoms with Gasteiger partial charge in [-0.2, -0.15) is 9.47 Å². The Hall–Kier alpha value is -4.23. The topological polar surface area (TPSA) is 105 Å². The number of aryl methyl sites for hydroxylation is 2. The third kappa shape index (κ3) is 7.99. The van der Waals surface area contributed by atoms with E-state index in [9.17, 15) is 13.6 Å². The largest absolute Gasteiger partial charge is 0.328 e. The minimum absolute atomic E-state index is 0.224. The Kier molecular flexibility index (Phi) is 10.9. The van der Waals surface area contributed by atoms with E-state index in [0.29, 0.717) is 5.92 Å². The van der Waals surface area contributed by atoms with Gasteiger partial charge in [-0.1, -0.05) is 33.3 Å². The summed E-state index contributed by atoms with van der Waals surface area (Å²) in [5, 5.41) is 10.7. The molecule has 0 saturated heterocycles. The van der Waals surface area contributed by atoms with E-state index in [0.717, 1.165) is 77.4 Å². The molecule has 1 unspecified atom stereocenters. The van der Waals surface area contributed by atoms with Crippen molar-refractivity contribution in [3.63, 3.8) is 0 Å². The van der Waals surface area contributed by atoms with Crippen molar-refractivity contribution in [2.75, 3.05) is 23.7 Å². The molecular formula is C30H37F2N9OS. The fourth-order valence-corrected chi connectivity index (χ4v) is 5.09. The molecule has 0 aliphatic heterocycles. The van der Waals surface area contributed by atoms with E-state index in [1.165, 1.54) is 24.0 Å². The van der Waals surface area contributed by atoms with Crippen LogP contribution in [-0.2, 0) is 17.9 Å². The van der Waals surface area contributed by atoms with Gasteiger partial charge in [-0.25, -0.2) is 18.7 Å². The number of rotatable bonds is 12. The minimum atomic E-state index is -0.780. The van der Waals surface area contributed by atoms with Gasteiger partial charge in [-0.05, 0) is 56.0 Å². The summed E-state index contributed by atoms with van der Waals surface area (Å²) < 4.78 is 33.8. The molecule has 0 aliphatic rings. The van der Waals surface area contributed by atoms with Crippen LogP contribution in [0.5, 0.6) is 0 Å². The molecule has 1 aromatic carbocycles. The number of anilines is 3. The fourth-order valence-electron chi connectivity index (χ4n) is 4.44. The number of benzene rings is 1. The molecule has 228 valence electrons. The first kappa shape index (κ1) is 31.7. The van der Waals surface area contributed by atoms with Crippen LogP contribution in [0.15, 0.2) is 49.1 Å². The van der Waals surface area contributed by atoms with Gasteiger partial charge >= 0.3 is 0 Å². The second kappa shape index (κ2) is 14.8. The minimum Gasteiger partial charge on any atom is -0.328 e. The van der Waals surface area contributed by atoms with Gasteiger partial charge in [0.05, 0.1) is 29.5 Å². The van der Waals surface area contributed by atoms with Crippen LogP contribution in [0.25, 0.3) is 16.9 Å². The zero-order valence-corrected chi connectivity index (χ0v) is 25.8. The molecule has 2 N–H and O–H groups in total. The Morgan fingerprint density at radius 1 is 1.14 bits per heavy atom. The van der Waals surface area contributed by atoms with Gasteiger partial charge in [-0.3, -0.25) is 18.8 Å². The van der Waals surface area contributed by atoms with Crippen molar-refractivity contribution in [2.24, 2.45) is 5.92 Å². The number of hydrogen-bond donors (Lipinski definition) is 2. The average molecular weight is 610 g/mol. The predicted octanol–water partition coefficient (Wildman–Crippen LogP) is 6.52. The number of fused-ring (bicyclic) bond motifs is 1. The van der Waals surface area contributed by atoms with Crippen molar-refractivity contribution in [3.8, 4) is 11.3 Å². The lowest BCUT2D eigenvalue weighted by atomic mass is 10.1. The molecule has 4 heterocycles. The van der Waals surface area contributed by atoms with Crippen LogP contribution in [0.2, 0.25) is 0 Å². The maximum absolute atomic E-state index is 12.6. The number of carbonyl (C=O) groups excluding carboxylic acids is 1. The zero-order chi connectivity index (χ0) is 30.9. The quantitative estimate of drug-likeness (QED) is 0.155. The first-order valence-electron chi connectivity index (χ1n) is 14.2. The highest BCUT2D eigenvalue weighted by Crippen LogP contribution is 2.28. The smallest absolute Gasteiger partial charge is 0.211 e. The molecule has 43 heavy (non-hydrogen) atoms. The van der Waals surface area contributed by atoms with E-state index in [2.05, 4.69) is 62.8 Å². The van der Waals surface area contributed by atoms with Crippen LogP contribution in [0.3, 0.4) is 0 Å². The SMILES string of the molecule is CCC(C)CN(CC)Cc1cc(Nc2nc(C)cn3c(-c4cnn(CC)c4)cnc23)sn1.O=CNc1c(F)cccc1F. The molecule has 0 spiro atoms. The van der Waals surface area contributed by atoms with Gasteiger partial charge in [-0.15, -0.1) is 0 Å².